The number of aromatic nitrogens is 3. The zero-order valence-electron chi connectivity index (χ0n) is 26.5. The number of hydrogen-bond acceptors (Lipinski definition) is 4. The summed E-state index contributed by atoms with van der Waals surface area (Å²) in [6, 6.07) is 49.9. The van der Waals surface area contributed by atoms with Gasteiger partial charge in [-0.25, -0.2) is 15.0 Å². The van der Waals surface area contributed by atoms with Crippen LogP contribution in [-0.4, -0.2) is 15.0 Å². The van der Waals surface area contributed by atoms with E-state index in [1.807, 2.05) is 29.5 Å². The first-order valence-corrected chi connectivity index (χ1v) is 17.2. The van der Waals surface area contributed by atoms with Gasteiger partial charge in [-0.2, -0.15) is 0 Å². The quantitative estimate of drug-likeness (QED) is 0.182. The SMILES string of the molecule is CC1(C)c2ccccc2-c2ccc(-c3nc(-c4ccccc4)nc(-c4cc5sc6ccccc6c5c5c4ccc4ccccc45)n3)cc21. The predicted octanol–water partition coefficient (Wildman–Crippen LogP) is 11.9. The van der Waals surface area contributed by atoms with Crippen molar-refractivity contribution in [1.82, 2.24) is 15.0 Å². The van der Waals surface area contributed by atoms with Gasteiger partial charge in [0.05, 0.1) is 0 Å². The Morgan fingerprint density at radius 3 is 2.00 bits per heavy atom. The smallest absolute Gasteiger partial charge is 0.164 e. The predicted molar refractivity (Wildman–Crippen MR) is 202 cm³/mol. The van der Waals surface area contributed by atoms with Gasteiger partial charge in [0.1, 0.15) is 0 Å². The molecule has 9 aromatic rings. The van der Waals surface area contributed by atoms with Gasteiger partial charge in [0, 0.05) is 42.3 Å². The summed E-state index contributed by atoms with van der Waals surface area (Å²) >= 11 is 1.83. The maximum Gasteiger partial charge on any atom is 0.164 e. The third kappa shape index (κ3) is 3.96. The molecule has 0 radical (unpaired) electrons. The Morgan fingerprint density at radius 1 is 0.438 bits per heavy atom. The van der Waals surface area contributed by atoms with Crippen LogP contribution in [0, 0.1) is 0 Å². The van der Waals surface area contributed by atoms with Crippen LogP contribution in [0.25, 0.3) is 87.0 Å². The highest BCUT2D eigenvalue weighted by molar-refractivity contribution is 7.26. The molecule has 0 saturated carbocycles. The number of nitrogens with zero attached hydrogens (tertiary/aromatic N) is 3. The van der Waals surface area contributed by atoms with Crippen molar-refractivity contribution in [1.29, 1.82) is 0 Å². The van der Waals surface area contributed by atoms with Gasteiger partial charge in [-0.1, -0.05) is 135 Å². The Hall–Kier alpha value is -5.71. The van der Waals surface area contributed by atoms with Crippen LogP contribution in [0.5, 0.6) is 0 Å². The molecule has 0 spiro atoms. The zero-order chi connectivity index (χ0) is 32.0. The molecule has 0 amide bonds. The molecule has 48 heavy (non-hydrogen) atoms. The lowest BCUT2D eigenvalue weighted by atomic mass is 9.82. The Labute approximate surface area is 282 Å². The average molecular weight is 632 g/mol. The first-order chi connectivity index (χ1) is 23.5. The second kappa shape index (κ2) is 10.1. The van der Waals surface area contributed by atoms with E-state index in [9.17, 15) is 0 Å². The van der Waals surface area contributed by atoms with Gasteiger partial charge in [0.15, 0.2) is 17.5 Å². The summed E-state index contributed by atoms with van der Waals surface area (Å²) < 4.78 is 2.51. The zero-order valence-corrected chi connectivity index (χ0v) is 27.3. The van der Waals surface area contributed by atoms with Crippen molar-refractivity contribution >= 4 is 53.1 Å². The summed E-state index contributed by atoms with van der Waals surface area (Å²) in [6.45, 7) is 4.62. The molecule has 0 bridgehead atoms. The van der Waals surface area contributed by atoms with E-state index in [0.29, 0.717) is 17.5 Å². The fourth-order valence-electron chi connectivity index (χ4n) is 7.77. The lowest BCUT2D eigenvalue weighted by Crippen LogP contribution is -2.15. The lowest BCUT2D eigenvalue weighted by Gasteiger charge is -2.21. The molecule has 0 unspecified atom stereocenters. The molecule has 1 aliphatic carbocycles. The number of fused-ring (bicyclic) bond motifs is 10. The largest absolute Gasteiger partial charge is 0.208 e. The van der Waals surface area contributed by atoms with Gasteiger partial charge >= 0.3 is 0 Å². The van der Waals surface area contributed by atoms with E-state index in [0.717, 1.165) is 22.1 Å². The van der Waals surface area contributed by atoms with Gasteiger partial charge in [-0.15, -0.1) is 11.3 Å². The molecule has 3 nitrogen and oxygen atoms in total. The van der Waals surface area contributed by atoms with Crippen LogP contribution in [0.1, 0.15) is 25.0 Å². The van der Waals surface area contributed by atoms with E-state index in [1.54, 1.807) is 0 Å². The molecular formula is C44H29N3S. The normalized spacial score (nSPS) is 13.4. The average Bonchev–Trinajstić information content (AvgIpc) is 3.63. The van der Waals surface area contributed by atoms with Crippen LogP contribution in [0.3, 0.4) is 0 Å². The van der Waals surface area contributed by atoms with Gasteiger partial charge < -0.3 is 0 Å². The third-order valence-electron chi connectivity index (χ3n) is 10.1. The fraction of sp³-hybridized carbons (Fsp3) is 0.0682. The highest BCUT2D eigenvalue weighted by Gasteiger charge is 2.35. The number of thiophene rings is 1. The molecule has 0 N–H and O–H groups in total. The second-order valence-electron chi connectivity index (χ2n) is 13.2. The Balaban J connectivity index is 1.27. The van der Waals surface area contributed by atoms with Crippen LogP contribution in [-0.2, 0) is 5.41 Å². The Bertz CT molecular complexity index is 2760. The van der Waals surface area contributed by atoms with Crippen LogP contribution in [0.4, 0.5) is 0 Å². The van der Waals surface area contributed by atoms with Gasteiger partial charge in [0.25, 0.3) is 0 Å². The van der Waals surface area contributed by atoms with Crippen molar-refractivity contribution < 1.29 is 0 Å². The van der Waals surface area contributed by atoms with Crippen molar-refractivity contribution in [2.75, 3.05) is 0 Å². The molecule has 0 atom stereocenters. The number of rotatable bonds is 3. The van der Waals surface area contributed by atoms with E-state index in [-0.39, 0.29) is 5.41 Å². The molecule has 10 rings (SSSR count). The van der Waals surface area contributed by atoms with E-state index < -0.39 is 0 Å². The van der Waals surface area contributed by atoms with E-state index in [4.69, 9.17) is 15.0 Å². The van der Waals surface area contributed by atoms with Crippen molar-refractivity contribution in [3.8, 4) is 45.3 Å². The molecule has 0 aliphatic heterocycles. The summed E-state index contributed by atoms with van der Waals surface area (Å²) in [4.78, 5) is 15.6. The molecule has 0 saturated heterocycles. The molecule has 226 valence electrons. The fourth-order valence-corrected chi connectivity index (χ4v) is 8.92. The minimum absolute atomic E-state index is 0.121. The maximum atomic E-state index is 5.30. The first kappa shape index (κ1) is 27.4. The maximum absolute atomic E-state index is 5.30. The summed E-state index contributed by atoms with van der Waals surface area (Å²) in [5.41, 5.74) is 8.10. The minimum atomic E-state index is -0.121. The van der Waals surface area contributed by atoms with Crippen molar-refractivity contribution in [3.05, 3.63) is 151 Å². The van der Waals surface area contributed by atoms with Crippen LogP contribution < -0.4 is 0 Å². The van der Waals surface area contributed by atoms with Crippen molar-refractivity contribution in [2.24, 2.45) is 0 Å². The molecule has 4 heteroatoms. The molecule has 0 fully saturated rings. The van der Waals surface area contributed by atoms with E-state index in [2.05, 4.69) is 135 Å². The minimum Gasteiger partial charge on any atom is -0.208 e. The van der Waals surface area contributed by atoms with Crippen LogP contribution >= 0.6 is 11.3 Å². The second-order valence-corrected chi connectivity index (χ2v) is 14.3. The monoisotopic (exact) mass is 631 g/mol. The van der Waals surface area contributed by atoms with Crippen LogP contribution in [0.2, 0.25) is 0 Å². The van der Waals surface area contributed by atoms with Gasteiger partial charge in [0.2, 0.25) is 0 Å². The molecule has 7 aromatic carbocycles. The van der Waals surface area contributed by atoms with Gasteiger partial charge in [-0.3, -0.25) is 0 Å². The van der Waals surface area contributed by atoms with E-state index in [1.165, 1.54) is 58.6 Å². The molecule has 2 aromatic heterocycles. The van der Waals surface area contributed by atoms with Gasteiger partial charge in [-0.05, 0) is 62.0 Å². The molecule has 2 heterocycles. The first-order valence-electron chi connectivity index (χ1n) is 16.4. The molecule has 1 aliphatic rings. The number of benzene rings is 7. The summed E-state index contributed by atoms with van der Waals surface area (Å²) in [6.07, 6.45) is 0. The highest BCUT2D eigenvalue weighted by Crippen LogP contribution is 2.50. The highest BCUT2D eigenvalue weighted by atomic mass is 32.1. The third-order valence-corrected chi connectivity index (χ3v) is 11.2. The molecular weight excluding hydrogens is 603 g/mol. The summed E-state index contributed by atoms with van der Waals surface area (Å²) in [7, 11) is 0. The summed E-state index contributed by atoms with van der Waals surface area (Å²) in [5, 5.41) is 7.44. The van der Waals surface area contributed by atoms with E-state index >= 15 is 0 Å². The lowest BCUT2D eigenvalue weighted by molar-refractivity contribution is 0.660. The topological polar surface area (TPSA) is 38.7 Å². The Morgan fingerprint density at radius 2 is 1.12 bits per heavy atom. The standard InChI is InChI=1S/C44H29N3S/c1-44(2)35-18-10-8-16-30(35)31-22-21-28(24-36(31)44)42-45-41(27-13-4-3-5-14-27)46-43(47-42)34-25-38-40(33-17-9-11-19-37(33)48-38)39-29-15-7-6-12-26(29)20-23-32(34)39/h3-25H,1-2H3. The Kier molecular flexibility index (Phi) is 5.79. The van der Waals surface area contributed by atoms with Crippen LogP contribution in [0.15, 0.2) is 140 Å². The van der Waals surface area contributed by atoms with Crippen molar-refractivity contribution in [3.63, 3.8) is 0 Å². The van der Waals surface area contributed by atoms with Crippen molar-refractivity contribution in [2.45, 2.75) is 19.3 Å². The number of hydrogen-bond donors (Lipinski definition) is 0. The summed E-state index contributed by atoms with van der Waals surface area (Å²) in [5.74, 6) is 2.03.